The molecule has 19 heavy (non-hydrogen) atoms. The Kier molecular flexibility index (Phi) is 3.52. The smallest absolute Gasteiger partial charge is 0.330 e. The third-order valence-corrected chi connectivity index (χ3v) is 2.98. The second kappa shape index (κ2) is 5.11. The summed E-state index contributed by atoms with van der Waals surface area (Å²) in [5.74, 6) is -2.03. The van der Waals surface area contributed by atoms with E-state index in [2.05, 4.69) is 5.32 Å². The highest BCUT2D eigenvalue weighted by molar-refractivity contribution is 6.00. The van der Waals surface area contributed by atoms with Crippen LogP contribution in [0.3, 0.4) is 0 Å². The highest BCUT2D eigenvalue weighted by Gasteiger charge is 2.20. The molecule has 1 unspecified atom stereocenters. The van der Waals surface area contributed by atoms with Gasteiger partial charge in [0.15, 0.2) is 6.04 Å². The van der Waals surface area contributed by atoms with Crippen molar-refractivity contribution in [2.75, 3.05) is 0 Å². The van der Waals surface area contributed by atoms with Gasteiger partial charge in [0.05, 0.1) is 0 Å². The number of nitrogens with one attached hydrogen (secondary N) is 1. The Balaban J connectivity index is 2.15. The maximum absolute atomic E-state index is 11.5. The molecule has 100 valence electrons. The van der Waals surface area contributed by atoms with Crippen LogP contribution in [-0.4, -0.2) is 27.6 Å². The lowest BCUT2D eigenvalue weighted by molar-refractivity contribution is -0.142. The molecule has 1 aromatic heterocycles. The maximum Gasteiger partial charge on any atom is 0.330 e. The average Bonchev–Trinajstić information content (AvgIpc) is 2.72. The summed E-state index contributed by atoms with van der Waals surface area (Å²) in [6.07, 6.45) is 1.90. The van der Waals surface area contributed by atoms with Crippen molar-refractivity contribution in [2.45, 2.75) is 12.6 Å². The molecule has 1 amide bonds. The minimum Gasteiger partial charge on any atom is -0.480 e. The topological polar surface area (TPSA) is 97.4 Å². The number of nitrogens with zero attached hydrogens (tertiary/aromatic N) is 1. The van der Waals surface area contributed by atoms with Gasteiger partial charge in [0.2, 0.25) is 5.91 Å². The van der Waals surface area contributed by atoms with Gasteiger partial charge in [0, 0.05) is 30.7 Å². The highest BCUT2D eigenvalue weighted by Crippen LogP contribution is 2.19. The Bertz CT molecular complexity index is 633. The van der Waals surface area contributed by atoms with Gasteiger partial charge in [0.25, 0.3) is 0 Å². The van der Waals surface area contributed by atoms with Gasteiger partial charge in [-0.3, -0.25) is 4.79 Å². The number of benzene rings is 1. The van der Waals surface area contributed by atoms with Crippen molar-refractivity contribution in [2.24, 2.45) is 12.8 Å². The number of carboxylic acids is 1. The van der Waals surface area contributed by atoms with E-state index in [0.29, 0.717) is 0 Å². The molecular formula is C13H15N3O3. The zero-order valence-corrected chi connectivity index (χ0v) is 10.5. The van der Waals surface area contributed by atoms with Crippen molar-refractivity contribution in [3.63, 3.8) is 0 Å². The highest BCUT2D eigenvalue weighted by atomic mass is 16.4. The molecule has 6 heteroatoms. The summed E-state index contributed by atoms with van der Waals surface area (Å²) in [6.45, 7) is 0.251. The second-order valence-corrected chi connectivity index (χ2v) is 4.32. The summed E-state index contributed by atoms with van der Waals surface area (Å²) in [5.41, 5.74) is 7.20. The van der Waals surface area contributed by atoms with Gasteiger partial charge < -0.3 is 20.7 Å². The van der Waals surface area contributed by atoms with Crippen molar-refractivity contribution < 1.29 is 14.7 Å². The van der Waals surface area contributed by atoms with Crippen LogP contribution in [0.1, 0.15) is 5.56 Å². The number of carbonyl (C=O) groups excluding carboxylic acids is 1. The Morgan fingerprint density at radius 2 is 2.11 bits per heavy atom. The predicted molar refractivity (Wildman–Crippen MR) is 70.4 cm³/mol. The molecule has 1 atom stereocenters. The number of aromatic nitrogens is 1. The molecule has 0 aliphatic rings. The number of carbonyl (C=O) groups is 2. The number of fused-ring (bicyclic) bond motifs is 1. The number of amides is 1. The van der Waals surface area contributed by atoms with E-state index >= 15 is 0 Å². The standard InChI is InChI=1S/C13H15N3O3/c1-16-7-8(9-4-2-3-5-10(9)16)6-15-12(17)11(14)13(18)19/h2-5,7,11H,6,14H2,1H3,(H,15,17)(H,18,19). The zero-order chi connectivity index (χ0) is 14.0. The molecule has 4 N–H and O–H groups in total. The van der Waals surface area contributed by atoms with Crippen LogP contribution in [0.2, 0.25) is 0 Å². The molecule has 0 bridgehead atoms. The predicted octanol–water partition coefficient (Wildman–Crippen LogP) is 0.206. The third-order valence-electron chi connectivity index (χ3n) is 2.98. The van der Waals surface area contributed by atoms with Crippen LogP contribution < -0.4 is 11.1 Å². The number of carboxylic acid groups (broad SMARTS) is 1. The fourth-order valence-electron chi connectivity index (χ4n) is 1.97. The number of hydrogen-bond donors (Lipinski definition) is 3. The van der Waals surface area contributed by atoms with Crippen molar-refractivity contribution >= 4 is 22.8 Å². The molecule has 0 fully saturated rings. The first-order valence-electron chi connectivity index (χ1n) is 5.79. The summed E-state index contributed by atoms with van der Waals surface area (Å²) in [5, 5.41) is 12.2. The van der Waals surface area contributed by atoms with Crippen molar-refractivity contribution in [1.29, 1.82) is 0 Å². The van der Waals surface area contributed by atoms with Crippen LogP contribution in [0.5, 0.6) is 0 Å². The fourth-order valence-corrected chi connectivity index (χ4v) is 1.97. The van der Waals surface area contributed by atoms with Gasteiger partial charge in [-0.2, -0.15) is 0 Å². The second-order valence-electron chi connectivity index (χ2n) is 4.32. The van der Waals surface area contributed by atoms with Gasteiger partial charge >= 0.3 is 5.97 Å². The van der Waals surface area contributed by atoms with E-state index in [9.17, 15) is 9.59 Å². The van der Waals surface area contributed by atoms with Crippen molar-refractivity contribution in [3.8, 4) is 0 Å². The van der Waals surface area contributed by atoms with Gasteiger partial charge in [-0.1, -0.05) is 18.2 Å². The van der Waals surface area contributed by atoms with Crippen molar-refractivity contribution in [3.05, 3.63) is 36.0 Å². The first kappa shape index (κ1) is 13.1. The van der Waals surface area contributed by atoms with Crippen LogP contribution in [0.15, 0.2) is 30.5 Å². The van der Waals surface area contributed by atoms with Crippen LogP contribution in [0.25, 0.3) is 10.9 Å². The molecule has 1 aromatic carbocycles. The van der Waals surface area contributed by atoms with E-state index in [-0.39, 0.29) is 6.54 Å². The van der Waals surface area contributed by atoms with Gasteiger partial charge in [-0.05, 0) is 11.6 Å². The van der Waals surface area contributed by atoms with E-state index in [4.69, 9.17) is 10.8 Å². The minimum absolute atomic E-state index is 0.251. The lowest BCUT2D eigenvalue weighted by Crippen LogP contribution is -2.45. The number of para-hydroxylation sites is 1. The zero-order valence-electron chi connectivity index (χ0n) is 10.5. The monoisotopic (exact) mass is 261 g/mol. The lowest BCUT2D eigenvalue weighted by Gasteiger charge is -2.07. The number of rotatable bonds is 4. The summed E-state index contributed by atoms with van der Waals surface area (Å²) in [4.78, 5) is 22.1. The molecule has 0 saturated heterocycles. The van der Waals surface area contributed by atoms with Gasteiger partial charge in [0.1, 0.15) is 0 Å². The summed E-state index contributed by atoms with van der Waals surface area (Å²) in [6, 6.07) is 6.24. The summed E-state index contributed by atoms with van der Waals surface area (Å²) >= 11 is 0. The molecule has 2 rings (SSSR count). The Labute approximate surface area is 109 Å². The molecule has 0 radical (unpaired) electrons. The number of nitrogens with two attached hydrogens (primary N) is 1. The normalized spacial score (nSPS) is 12.3. The largest absolute Gasteiger partial charge is 0.480 e. The number of aryl methyl sites for hydroxylation is 1. The quantitative estimate of drug-likeness (QED) is 0.685. The Hall–Kier alpha value is -2.34. The number of hydrogen-bond acceptors (Lipinski definition) is 3. The van der Waals surface area contributed by atoms with E-state index in [1.165, 1.54) is 0 Å². The molecule has 0 aliphatic carbocycles. The molecule has 0 saturated carbocycles. The summed E-state index contributed by atoms with van der Waals surface area (Å²) < 4.78 is 1.95. The van der Waals surface area contributed by atoms with E-state index in [1.54, 1.807) is 0 Å². The SMILES string of the molecule is Cn1cc(CNC(=O)C(N)C(=O)O)c2ccccc21. The average molecular weight is 261 g/mol. The Morgan fingerprint density at radius 3 is 2.79 bits per heavy atom. The minimum atomic E-state index is -1.53. The molecule has 1 heterocycles. The maximum atomic E-state index is 11.5. The van der Waals surface area contributed by atoms with Crippen LogP contribution in [0.4, 0.5) is 0 Å². The molecule has 2 aromatic rings. The third kappa shape index (κ3) is 2.58. The van der Waals surface area contributed by atoms with Crippen LogP contribution in [0, 0.1) is 0 Å². The molecular weight excluding hydrogens is 246 g/mol. The van der Waals surface area contributed by atoms with E-state index in [1.807, 2.05) is 42.1 Å². The lowest BCUT2D eigenvalue weighted by atomic mass is 10.1. The molecule has 0 aliphatic heterocycles. The first-order chi connectivity index (χ1) is 9.00. The van der Waals surface area contributed by atoms with E-state index < -0.39 is 17.9 Å². The van der Waals surface area contributed by atoms with Gasteiger partial charge in [-0.15, -0.1) is 0 Å². The fraction of sp³-hybridized carbons (Fsp3) is 0.231. The first-order valence-corrected chi connectivity index (χ1v) is 5.79. The molecule has 0 spiro atoms. The number of aliphatic carboxylic acids is 1. The molecule has 6 nitrogen and oxygen atoms in total. The van der Waals surface area contributed by atoms with Gasteiger partial charge in [-0.25, -0.2) is 4.79 Å². The Morgan fingerprint density at radius 1 is 1.42 bits per heavy atom. The van der Waals surface area contributed by atoms with Crippen LogP contribution in [-0.2, 0) is 23.2 Å². The summed E-state index contributed by atoms with van der Waals surface area (Å²) in [7, 11) is 1.91. The van der Waals surface area contributed by atoms with Crippen molar-refractivity contribution in [1.82, 2.24) is 9.88 Å². The van der Waals surface area contributed by atoms with E-state index in [0.717, 1.165) is 16.5 Å². The van der Waals surface area contributed by atoms with Crippen LogP contribution >= 0.6 is 0 Å².